The van der Waals surface area contributed by atoms with E-state index in [1.165, 1.54) is 10.5 Å². The lowest BCUT2D eigenvalue weighted by molar-refractivity contribution is 0.0950. The monoisotopic (exact) mass is 489 g/mol. The summed E-state index contributed by atoms with van der Waals surface area (Å²) in [5.74, 6) is 0.873. The van der Waals surface area contributed by atoms with Gasteiger partial charge >= 0.3 is 0 Å². The molecule has 0 unspecified atom stereocenters. The Bertz CT molecular complexity index is 1520. The van der Waals surface area contributed by atoms with Crippen LogP contribution in [0.15, 0.2) is 53.5 Å². The van der Waals surface area contributed by atoms with Gasteiger partial charge < -0.3 is 19.4 Å². The van der Waals surface area contributed by atoms with Gasteiger partial charge in [0.05, 0.1) is 25.2 Å². The van der Waals surface area contributed by atoms with E-state index in [0.717, 1.165) is 24.8 Å². The number of unbranched alkanes of at least 4 members (excludes halogenated alkanes) is 2. The van der Waals surface area contributed by atoms with E-state index in [4.69, 9.17) is 14.9 Å². The van der Waals surface area contributed by atoms with Gasteiger partial charge in [-0.1, -0.05) is 31.9 Å². The third-order valence-corrected chi connectivity index (χ3v) is 6.20. The number of hydrogen-bond donors (Lipinski definition) is 2. The first-order chi connectivity index (χ1) is 17.5. The minimum Gasteiger partial charge on any atom is -0.493 e. The number of hydrogen-bond acceptors (Lipinski definition) is 6. The molecule has 0 spiro atoms. The topological polar surface area (TPSA) is 111 Å². The number of amides is 1. The van der Waals surface area contributed by atoms with Gasteiger partial charge in [-0.25, -0.2) is 4.98 Å². The van der Waals surface area contributed by atoms with Gasteiger partial charge in [0, 0.05) is 19.3 Å². The quantitative estimate of drug-likeness (QED) is 0.262. The number of benzene rings is 1. The second-order valence-electron chi connectivity index (χ2n) is 8.54. The van der Waals surface area contributed by atoms with Crippen LogP contribution in [-0.2, 0) is 13.0 Å². The van der Waals surface area contributed by atoms with E-state index in [0.29, 0.717) is 47.7 Å². The molecule has 0 bridgehead atoms. The predicted octanol–water partition coefficient (Wildman–Crippen LogP) is 3.31. The first kappa shape index (κ1) is 25.0. The summed E-state index contributed by atoms with van der Waals surface area (Å²) in [6.07, 6.45) is 5.09. The molecule has 1 amide bonds. The van der Waals surface area contributed by atoms with E-state index in [1.54, 1.807) is 43.2 Å². The summed E-state index contributed by atoms with van der Waals surface area (Å²) < 4.78 is 13.8. The normalized spacial score (nSPS) is 11.1. The molecule has 36 heavy (non-hydrogen) atoms. The van der Waals surface area contributed by atoms with Crippen LogP contribution in [0.1, 0.15) is 42.1 Å². The first-order valence-electron chi connectivity index (χ1n) is 12.1. The van der Waals surface area contributed by atoms with Crippen molar-refractivity contribution in [3.05, 3.63) is 75.6 Å². The highest BCUT2D eigenvalue weighted by Crippen LogP contribution is 2.27. The molecule has 188 valence electrons. The van der Waals surface area contributed by atoms with Gasteiger partial charge in [-0.3, -0.25) is 19.4 Å². The lowest BCUT2D eigenvalue weighted by Crippen LogP contribution is -2.35. The molecule has 4 aromatic rings. The van der Waals surface area contributed by atoms with Gasteiger partial charge in [0.15, 0.2) is 11.5 Å². The van der Waals surface area contributed by atoms with Gasteiger partial charge in [-0.05, 0) is 48.7 Å². The van der Waals surface area contributed by atoms with E-state index in [1.807, 2.05) is 18.2 Å². The number of fused-ring (bicyclic) bond motifs is 2. The molecule has 3 aromatic heterocycles. The zero-order valence-electron chi connectivity index (χ0n) is 20.8. The third-order valence-electron chi connectivity index (χ3n) is 6.20. The Hall–Kier alpha value is -4.14. The second-order valence-corrected chi connectivity index (χ2v) is 8.54. The fourth-order valence-corrected chi connectivity index (χ4v) is 4.23. The number of carbonyl (C=O) groups excluding carboxylic acids is 1. The van der Waals surface area contributed by atoms with Gasteiger partial charge in [-0.2, -0.15) is 0 Å². The van der Waals surface area contributed by atoms with Crippen LogP contribution in [0.4, 0.5) is 0 Å². The Morgan fingerprint density at radius 3 is 2.64 bits per heavy atom. The number of ether oxygens (including phenoxy) is 2. The molecule has 0 aliphatic carbocycles. The van der Waals surface area contributed by atoms with Crippen molar-refractivity contribution in [3.8, 4) is 11.5 Å². The van der Waals surface area contributed by atoms with Crippen LogP contribution in [0.5, 0.6) is 11.5 Å². The van der Waals surface area contributed by atoms with Crippen LogP contribution in [0.3, 0.4) is 0 Å². The molecule has 0 atom stereocenters. The molecule has 0 saturated carbocycles. The SMILES string of the molecule is CCCCCNC(=O)c1cc2c(=O)n3ccccc3nc2n(CCc2ccc(OC)c(OC)c2)c1=N. The highest BCUT2D eigenvalue weighted by atomic mass is 16.5. The molecular formula is C27H31N5O4. The number of aryl methyl sites for hydroxylation is 2. The predicted molar refractivity (Wildman–Crippen MR) is 138 cm³/mol. The molecule has 1 aromatic carbocycles. The number of pyridine rings is 2. The molecule has 2 N–H and O–H groups in total. The van der Waals surface area contributed by atoms with Crippen molar-refractivity contribution in [3.63, 3.8) is 0 Å². The Morgan fingerprint density at radius 1 is 1.08 bits per heavy atom. The number of carbonyl (C=O) groups is 1. The zero-order valence-corrected chi connectivity index (χ0v) is 20.8. The van der Waals surface area contributed by atoms with Crippen LogP contribution >= 0.6 is 0 Å². The van der Waals surface area contributed by atoms with Gasteiger partial charge in [-0.15, -0.1) is 0 Å². The molecule has 4 rings (SSSR count). The van der Waals surface area contributed by atoms with Crippen molar-refractivity contribution in [2.24, 2.45) is 0 Å². The van der Waals surface area contributed by atoms with Crippen molar-refractivity contribution < 1.29 is 14.3 Å². The van der Waals surface area contributed by atoms with Crippen LogP contribution in [0.2, 0.25) is 0 Å². The summed E-state index contributed by atoms with van der Waals surface area (Å²) in [5.41, 5.74) is 1.70. The van der Waals surface area contributed by atoms with Crippen molar-refractivity contribution in [1.29, 1.82) is 5.41 Å². The lowest BCUT2D eigenvalue weighted by Gasteiger charge is -2.15. The van der Waals surface area contributed by atoms with Gasteiger partial charge in [0.2, 0.25) is 0 Å². The Kier molecular flexibility index (Phi) is 7.68. The van der Waals surface area contributed by atoms with Gasteiger partial charge in [0.25, 0.3) is 11.5 Å². The minimum absolute atomic E-state index is 0.0168. The van der Waals surface area contributed by atoms with Crippen molar-refractivity contribution in [2.45, 2.75) is 39.2 Å². The smallest absolute Gasteiger partial charge is 0.267 e. The maximum absolute atomic E-state index is 13.3. The number of methoxy groups -OCH3 is 2. The number of aromatic nitrogens is 3. The Morgan fingerprint density at radius 2 is 1.89 bits per heavy atom. The highest BCUT2D eigenvalue weighted by molar-refractivity contribution is 5.96. The average molecular weight is 490 g/mol. The maximum Gasteiger partial charge on any atom is 0.267 e. The summed E-state index contributed by atoms with van der Waals surface area (Å²) in [7, 11) is 3.16. The Labute approximate surface area is 208 Å². The zero-order chi connectivity index (χ0) is 25.7. The molecule has 0 aliphatic rings. The van der Waals surface area contributed by atoms with Crippen molar-refractivity contribution in [1.82, 2.24) is 19.3 Å². The molecular weight excluding hydrogens is 458 g/mol. The number of nitrogens with one attached hydrogen (secondary N) is 2. The summed E-state index contributed by atoms with van der Waals surface area (Å²) >= 11 is 0. The standard InChI is InChI=1S/C27H31N5O4/c1-4-5-7-13-29-26(33)19-17-20-25(30-23-9-6-8-14-31(23)27(20)34)32(24(19)28)15-12-18-10-11-21(35-2)22(16-18)36-3/h6,8-11,14,16-17,28H,4-5,7,12-13,15H2,1-3H3,(H,29,33). The van der Waals surface area contributed by atoms with Crippen molar-refractivity contribution >= 4 is 22.6 Å². The summed E-state index contributed by atoms with van der Waals surface area (Å²) in [6, 6.07) is 12.4. The molecule has 0 fully saturated rings. The third kappa shape index (κ3) is 4.95. The van der Waals surface area contributed by atoms with Crippen LogP contribution in [-0.4, -0.2) is 40.6 Å². The molecule has 3 heterocycles. The van der Waals surface area contributed by atoms with E-state index >= 15 is 0 Å². The van der Waals surface area contributed by atoms with Crippen molar-refractivity contribution in [2.75, 3.05) is 20.8 Å². The molecule has 0 saturated heterocycles. The lowest BCUT2D eigenvalue weighted by atomic mass is 10.1. The fourth-order valence-electron chi connectivity index (χ4n) is 4.23. The summed E-state index contributed by atoms with van der Waals surface area (Å²) in [4.78, 5) is 31.1. The molecule has 0 radical (unpaired) electrons. The molecule has 9 nitrogen and oxygen atoms in total. The number of rotatable bonds is 10. The van der Waals surface area contributed by atoms with Gasteiger partial charge in [0.1, 0.15) is 16.8 Å². The van der Waals surface area contributed by atoms with E-state index in [9.17, 15) is 9.59 Å². The molecule has 9 heteroatoms. The summed E-state index contributed by atoms with van der Waals surface area (Å²) in [6.45, 7) is 2.96. The fraction of sp³-hybridized carbons (Fsp3) is 0.333. The van der Waals surface area contributed by atoms with Crippen LogP contribution < -0.4 is 25.8 Å². The minimum atomic E-state index is -0.365. The summed E-state index contributed by atoms with van der Waals surface area (Å²) in [5, 5.41) is 12.1. The van der Waals surface area contributed by atoms with E-state index < -0.39 is 0 Å². The Balaban J connectivity index is 1.80. The highest BCUT2D eigenvalue weighted by Gasteiger charge is 2.17. The second kappa shape index (κ2) is 11.1. The van der Waals surface area contributed by atoms with E-state index in [2.05, 4.69) is 17.2 Å². The van der Waals surface area contributed by atoms with E-state index in [-0.39, 0.29) is 22.5 Å². The maximum atomic E-state index is 13.3. The largest absolute Gasteiger partial charge is 0.493 e. The molecule has 0 aliphatic heterocycles. The number of nitrogens with zero attached hydrogens (tertiary/aromatic N) is 3. The first-order valence-corrected chi connectivity index (χ1v) is 12.1. The average Bonchev–Trinajstić information content (AvgIpc) is 2.90. The van der Waals surface area contributed by atoms with Crippen LogP contribution in [0, 0.1) is 5.41 Å². The van der Waals surface area contributed by atoms with Crippen LogP contribution in [0.25, 0.3) is 16.7 Å².